The van der Waals surface area contributed by atoms with E-state index in [4.69, 9.17) is 9.73 Å². The summed E-state index contributed by atoms with van der Waals surface area (Å²) in [5.74, 6) is 1.53. The molecule has 0 aliphatic carbocycles. The lowest BCUT2D eigenvalue weighted by molar-refractivity contribution is -0.127. The van der Waals surface area contributed by atoms with Crippen molar-refractivity contribution in [3.63, 3.8) is 0 Å². The van der Waals surface area contributed by atoms with Crippen molar-refractivity contribution >= 4 is 11.9 Å². The van der Waals surface area contributed by atoms with Crippen LogP contribution in [0, 0.1) is 0 Å². The summed E-state index contributed by atoms with van der Waals surface area (Å²) in [6.45, 7) is 3.55. The first-order valence-corrected chi connectivity index (χ1v) is 10.1. The lowest BCUT2D eigenvalue weighted by Crippen LogP contribution is -2.45. The molecule has 2 N–H and O–H groups in total. The van der Waals surface area contributed by atoms with Crippen molar-refractivity contribution in [3.05, 3.63) is 65.2 Å². The average molecular weight is 395 g/mol. The molecule has 2 aromatic rings. The molecule has 0 saturated heterocycles. The number of hydrogen-bond donors (Lipinski definition) is 2. The van der Waals surface area contributed by atoms with Crippen LogP contribution < -0.4 is 15.4 Å². The highest BCUT2D eigenvalue weighted by Crippen LogP contribution is 2.31. The molecule has 1 aliphatic rings. The smallest absolute Gasteiger partial charge is 0.241 e. The number of ether oxygens (including phenoxy) is 1. The zero-order chi connectivity index (χ0) is 20.6. The maximum absolute atomic E-state index is 12.1. The van der Waals surface area contributed by atoms with E-state index < -0.39 is 0 Å². The number of likely N-dealkylation sites (N-methyl/N-ethyl adjacent to an activating group) is 1. The standard InChI is InChI=1S/C23H30N4O2/c1-4-17-9-5-6-10-18(17)15-24-23(25-16-22(28)27(2)3)26-20-13-14-29-21-12-8-7-11-19(20)21/h5-12,20H,4,13-16H2,1-3H3,(H2,24,25,26). The maximum atomic E-state index is 12.1. The van der Waals surface area contributed by atoms with Gasteiger partial charge < -0.3 is 20.3 Å². The number of benzene rings is 2. The number of fused-ring (bicyclic) bond motifs is 1. The van der Waals surface area contributed by atoms with Gasteiger partial charge in [0.15, 0.2) is 5.96 Å². The monoisotopic (exact) mass is 394 g/mol. The molecule has 154 valence electrons. The Labute approximate surface area is 173 Å². The zero-order valence-electron chi connectivity index (χ0n) is 17.4. The minimum Gasteiger partial charge on any atom is -0.493 e. The Hall–Kier alpha value is -3.02. The van der Waals surface area contributed by atoms with Crippen molar-refractivity contribution < 1.29 is 9.53 Å². The number of rotatable bonds is 6. The van der Waals surface area contributed by atoms with E-state index in [1.54, 1.807) is 19.0 Å². The molecule has 6 nitrogen and oxygen atoms in total. The van der Waals surface area contributed by atoms with Gasteiger partial charge in [-0.2, -0.15) is 0 Å². The molecule has 0 saturated carbocycles. The van der Waals surface area contributed by atoms with E-state index in [0.717, 1.165) is 24.2 Å². The molecule has 1 aliphatic heterocycles. The van der Waals surface area contributed by atoms with Gasteiger partial charge in [0, 0.05) is 26.1 Å². The normalized spacial score (nSPS) is 15.8. The minimum atomic E-state index is 0.000774. The van der Waals surface area contributed by atoms with Crippen molar-refractivity contribution in [2.75, 3.05) is 27.2 Å². The fourth-order valence-corrected chi connectivity index (χ4v) is 3.35. The zero-order valence-corrected chi connectivity index (χ0v) is 17.4. The third-order valence-electron chi connectivity index (χ3n) is 5.08. The number of nitrogens with one attached hydrogen (secondary N) is 2. The van der Waals surface area contributed by atoms with Gasteiger partial charge in [0.1, 0.15) is 5.75 Å². The molecule has 1 unspecified atom stereocenters. The second-order valence-electron chi connectivity index (χ2n) is 7.30. The van der Waals surface area contributed by atoms with Gasteiger partial charge in [0.25, 0.3) is 0 Å². The van der Waals surface area contributed by atoms with Crippen molar-refractivity contribution in [1.29, 1.82) is 0 Å². The molecule has 2 aromatic carbocycles. The first-order chi connectivity index (χ1) is 14.1. The third kappa shape index (κ3) is 5.50. The first-order valence-electron chi connectivity index (χ1n) is 10.1. The van der Waals surface area contributed by atoms with Crippen LogP contribution in [0.2, 0.25) is 0 Å². The third-order valence-corrected chi connectivity index (χ3v) is 5.08. The Balaban J connectivity index is 1.78. The SMILES string of the molecule is CCc1ccccc1CN=C(NCC(=O)N(C)C)NC1CCOc2ccccc21. The van der Waals surface area contributed by atoms with Crippen LogP contribution in [0.15, 0.2) is 53.5 Å². The molecule has 0 fully saturated rings. The van der Waals surface area contributed by atoms with Gasteiger partial charge in [-0.1, -0.05) is 49.4 Å². The van der Waals surface area contributed by atoms with Crippen LogP contribution in [0.25, 0.3) is 0 Å². The van der Waals surface area contributed by atoms with E-state index >= 15 is 0 Å². The summed E-state index contributed by atoms with van der Waals surface area (Å²) in [7, 11) is 3.50. The number of aryl methyl sites for hydroxylation is 1. The van der Waals surface area contributed by atoms with Gasteiger partial charge in [-0.25, -0.2) is 4.99 Å². The highest BCUT2D eigenvalue weighted by Gasteiger charge is 2.22. The lowest BCUT2D eigenvalue weighted by atomic mass is 10.0. The molecule has 3 rings (SSSR count). The Morgan fingerprint density at radius 2 is 1.86 bits per heavy atom. The number of guanidine groups is 1. The summed E-state index contributed by atoms with van der Waals surface area (Å²) < 4.78 is 5.76. The summed E-state index contributed by atoms with van der Waals surface area (Å²) in [6.07, 6.45) is 1.80. The highest BCUT2D eigenvalue weighted by molar-refractivity contribution is 5.86. The molecule has 0 spiro atoms. The topological polar surface area (TPSA) is 66.0 Å². The Morgan fingerprint density at radius 3 is 2.62 bits per heavy atom. The summed E-state index contributed by atoms with van der Waals surface area (Å²) in [5.41, 5.74) is 3.60. The summed E-state index contributed by atoms with van der Waals surface area (Å²) in [4.78, 5) is 18.4. The number of para-hydroxylation sites is 1. The van der Waals surface area contributed by atoms with Crippen LogP contribution >= 0.6 is 0 Å². The van der Waals surface area contributed by atoms with Gasteiger partial charge >= 0.3 is 0 Å². The highest BCUT2D eigenvalue weighted by atomic mass is 16.5. The Kier molecular flexibility index (Phi) is 7.11. The summed E-state index contributed by atoms with van der Waals surface area (Å²) >= 11 is 0. The molecule has 0 bridgehead atoms. The second kappa shape index (κ2) is 9.96. The molecular formula is C23H30N4O2. The molecule has 1 amide bonds. The van der Waals surface area contributed by atoms with E-state index in [0.29, 0.717) is 19.1 Å². The fourth-order valence-electron chi connectivity index (χ4n) is 3.35. The minimum absolute atomic E-state index is 0.000774. The van der Waals surface area contributed by atoms with E-state index in [9.17, 15) is 4.79 Å². The lowest BCUT2D eigenvalue weighted by Gasteiger charge is -2.28. The number of hydrogen-bond acceptors (Lipinski definition) is 3. The second-order valence-corrected chi connectivity index (χ2v) is 7.30. The van der Waals surface area contributed by atoms with Gasteiger partial charge in [0.2, 0.25) is 5.91 Å². The molecular weight excluding hydrogens is 364 g/mol. The van der Waals surface area contributed by atoms with Crippen molar-refractivity contribution in [2.24, 2.45) is 4.99 Å². The predicted octanol–water partition coefficient (Wildman–Crippen LogP) is 2.90. The predicted molar refractivity (Wildman–Crippen MR) is 116 cm³/mol. The van der Waals surface area contributed by atoms with Crippen molar-refractivity contribution in [2.45, 2.75) is 32.4 Å². The van der Waals surface area contributed by atoms with Gasteiger partial charge in [0.05, 0.1) is 25.7 Å². The number of carbonyl (C=O) groups excluding carboxylic acids is 1. The van der Waals surface area contributed by atoms with Crippen LogP contribution in [-0.2, 0) is 17.8 Å². The molecule has 0 radical (unpaired) electrons. The molecule has 6 heteroatoms. The Morgan fingerprint density at radius 1 is 1.14 bits per heavy atom. The van der Waals surface area contributed by atoms with E-state index in [1.807, 2.05) is 24.3 Å². The molecule has 1 heterocycles. The van der Waals surface area contributed by atoms with E-state index in [-0.39, 0.29) is 18.5 Å². The van der Waals surface area contributed by atoms with Gasteiger partial charge in [-0.3, -0.25) is 4.79 Å². The number of nitrogens with zero attached hydrogens (tertiary/aromatic N) is 2. The van der Waals surface area contributed by atoms with Gasteiger partial charge in [-0.15, -0.1) is 0 Å². The van der Waals surface area contributed by atoms with Crippen molar-refractivity contribution in [1.82, 2.24) is 15.5 Å². The largest absolute Gasteiger partial charge is 0.493 e. The van der Waals surface area contributed by atoms with Crippen LogP contribution in [0.3, 0.4) is 0 Å². The quantitative estimate of drug-likeness (QED) is 0.584. The number of aliphatic imine (C=N–C) groups is 1. The summed E-state index contributed by atoms with van der Waals surface area (Å²) in [5, 5.41) is 6.70. The molecule has 1 atom stereocenters. The first kappa shape index (κ1) is 20.7. The van der Waals surface area contributed by atoms with Crippen molar-refractivity contribution in [3.8, 4) is 5.75 Å². The van der Waals surface area contributed by atoms with Crippen LogP contribution in [-0.4, -0.2) is 44.0 Å². The molecule has 0 aromatic heterocycles. The summed E-state index contributed by atoms with van der Waals surface area (Å²) in [6, 6.07) is 16.5. The van der Waals surface area contributed by atoms with Crippen LogP contribution in [0.5, 0.6) is 5.75 Å². The van der Waals surface area contributed by atoms with E-state index in [2.05, 4.69) is 41.8 Å². The number of carbonyl (C=O) groups is 1. The van der Waals surface area contributed by atoms with Crippen LogP contribution in [0.4, 0.5) is 0 Å². The van der Waals surface area contributed by atoms with E-state index in [1.165, 1.54) is 11.1 Å². The molecule has 29 heavy (non-hydrogen) atoms. The average Bonchev–Trinajstić information content (AvgIpc) is 2.75. The Bertz CT molecular complexity index is 863. The van der Waals surface area contributed by atoms with Crippen LogP contribution in [0.1, 0.15) is 36.1 Å². The maximum Gasteiger partial charge on any atom is 0.241 e. The fraction of sp³-hybridized carbons (Fsp3) is 0.391. The number of amides is 1. The van der Waals surface area contributed by atoms with Gasteiger partial charge in [-0.05, 0) is 23.6 Å².